The van der Waals surface area contributed by atoms with E-state index < -0.39 is 33.8 Å². The second-order valence-electron chi connectivity index (χ2n) is 5.42. The summed E-state index contributed by atoms with van der Waals surface area (Å²) in [5.74, 6) is -2.38. The van der Waals surface area contributed by atoms with Gasteiger partial charge in [-0.2, -0.15) is 0 Å². The van der Waals surface area contributed by atoms with Crippen LogP contribution in [0.4, 0.5) is 10.1 Å². The van der Waals surface area contributed by atoms with Gasteiger partial charge >= 0.3 is 5.97 Å². The lowest BCUT2D eigenvalue weighted by Gasteiger charge is -2.15. The number of nitrogens with one attached hydrogen (secondary N) is 1. The highest BCUT2D eigenvalue weighted by Gasteiger charge is 2.23. The van der Waals surface area contributed by atoms with Gasteiger partial charge in [-0.05, 0) is 37.3 Å². The van der Waals surface area contributed by atoms with Crippen LogP contribution in [0.25, 0.3) is 0 Å². The predicted molar refractivity (Wildman–Crippen MR) is 94.3 cm³/mol. The van der Waals surface area contributed by atoms with Gasteiger partial charge < -0.3 is 14.8 Å². The number of rotatable bonds is 6. The van der Waals surface area contributed by atoms with Gasteiger partial charge in [-0.15, -0.1) is 0 Å². The molecule has 0 fully saturated rings. The van der Waals surface area contributed by atoms with Crippen molar-refractivity contribution in [3.05, 3.63) is 53.8 Å². The summed E-state index contributed by atoms with van der Waals surface area (Å²) >= 11 is 0. The molecule has 10 heteroatoms. The number of halogens is 1. The highest BCUT2D eigenvalue weighted by atomic mass is 32.2. The molecular weight excluding hydrogens is 379 g/mol. The maximum atomic E-state index is 13.6. The molecular formula is C17H17FN2O6S. The van der Waals surface area contributed by atoms with Crippen LogP contribution < -0.4 is 15.2 Å². The van der Waals surface area contributed by atoms with Crippen molar-refractivity contribution in [1.82, 2.24) is 0 Å². The van der Waals surface area contributed by atoms with Gasteiger partial charge in [0.2, 0.25) is 10.0 Å². The molecule has 8 nitrogen and oxygen atoms in total. The Morgan fingerprint density at radius 2 is 1.85 bits per heavy atom. The molecule has 1 amide bonds. The SMILES string of the molecule is COc1ccc(S(N)(=O)=O)cc1C(=O)O[C@@H](C)C(=O)Nc1ccccc1F. The first-order valence-electron chi connectivity index (χ1n) is 7.60. The summed E-state index contributed by atoms with van der Waals surface area (Å²) in [7, 11) is -2.78. The average molecular weight is 396 g/mol. The van der Waals surface area contributed by atoms with Crippen LogP contribution >= 0.6 is 0 Å². The molecule has 0 saturated carbocycles. The monoisotopic (exact) mass is 396 g/mol. The number of benzene rings is 2. The van der Waals surface area contributed by atoms with Crippen molar-refractivity contribution >= 4 is 27.6 Å². The molecule has 0 bridgehead atoms. The predicted octanol–water partition coefficient (Wildman–Crippen LogP) is 1.67. The van der Waals surface area contributed by atoms with Gasteiger partial charge in [-0.1, -0.05) is 12.1 Å². The number of para-hydroxylation sites is 1. The lowest BCUT2D eigenvalue weighted by Crippen LogP contribution is -2.30. The zero-order valence-corrected chi connectivity index (χ0v) is 15.2. The molecule has 0 unspecified atom stereocenters. The molecule has 0 radical (unpaired) electrons. The number of hydrogen-bond acceptors (Lipinski definition) is 6. The normalized spacial score (nSPS) is 12.1. The van der Waals surface area contributed by atoms with Crippen LogP contribution in [0.2, 0.25) is 0 Å². The Hall–Kier alpha value is -2.98. The van der Waals surface area contributed by atoms with Crippen LogP contribution in [-0.2, 0) is 19.6 Å². The molecule has 2 rings (SSSR count). The largest absolute Gasteiger partial charge is 0.496 e. The van der Waals surface area contributed by atoms with Gasteiger partial charge in [0.05, 0.1) is 17.7 Å². The molecule has 0 heterocycles. The molecule has 1 atom stereocenters. The molecule has 0 saturated heterocycles. The van der Waals surface area contributed by atoms with Gasteiger partial charge in [0.25, 0.3) is 5.91 Å². The second kappa shape index (κ2) is 8.14. The van der Waals surface area contributed by atoms with Crippen molar-refractivity contribution in [2.45, 2.75) is 17.9 Å². The van der Waals surface area contributed by atoms with E-state index in [1.54, 1.807) is 0 Å². The minimum Gasteiger partial charge on any atom is -0.496 e. The minimum atomic E-state index is -4.06. The summed E-state index contributed by atoms with van der Waals surface area (Å²) in [5.41, 5.74) is -0.297. The van der Waals surface area contributed by atoms with E-state index >= 15 is 0 Å². The standard InChI is InChI=1S/C17H17FN2O6S/c1-10(16(21)20-14-6-4-3-5-13(14)18)26-17(22)12-9-11(27(19,23)24)7-8-15(12)25-2/h3-10H,1-2H3,(H,20,21)(H2,19,23,24)/t10-/m0/s1. The highest BCUT2D eigenvalue weighted by Crippen LogP contribution is 2.23. The smallest absolute Gasteiger partial charge is 0.342 e. The van der Waals surface area contributed by atoms with Gasteiger partial charge in [0, 0.05) is 0 Å². The first-order chi connectivity index (χ1) is 12.6. The van der Waals surface area contributed by atoms with Crippen LogP contribution in [0.15, 0.2) is 47.4 Å². The summed E-state index contributed by atoms with van der Waals surface area (Å²) in [6, 6.07) is 8.88. The third-order valence-corrected chi connectivity index (χ3v) is 4.42. The number of anilines is 1. The maximum Gasteiger partial charge on any atom is 0.342 e. The van der Waals surface area contributed by atoms with Crippen LogP contribution in [0.1, 0.15) is 17.3 Å². The van der Waals surface area contributed by atoms with Gasteiger partial charge in [-0.25, -0.2) is 22.7 Å². The quantitative estimate of drug-likeness (QED) is 0.716. The Morgan fingerprint density at radius 1 is 1.19 bits per heavy atom. The number of carbonyl (C=O) groups is 2. The number of methoxy groups -OCH3 is 1. The number of nitrogens with two attached hydrogens (primary N) is 1. The zero-order valence-electron chi connectivity index (χ0n) is 14.4. The number of ether oxygens (including phenoxy) is 2. The van der Waals surface area contributed by atoms with Gasteiger partial charge in [0.1, 0.15) is 17.1 Å². The van der Waals surface area contributed by atoms with E-state index in [0.717, 1.165) is 12.1 Å². The topological polar surface area (TPSA) is 125 Å². The molecule has 27 heavy (non-hydrogen) atoms. The Kier molecular flexibility index (Phi) is 6.13. The molecule has 2 aromatic rings. The highest BCUT2D eigenvalue weighted by molar-refractivity contribution is 7.89. The van der Waals surface area contributed by atoms with Crippen LogP contribution in [0.3, 0.4) is 0 Å². The zero-order chi connectivity index (χ0) is 20.2. The van der Waals surface area contributed by atoms with E-state index in [0.29, 0.717) is 0 Å². The summed E-state index contributed by atoms with van der Waals surface area (Å²) in [4.78, 5) is 24.1. The minimum absolute atomic E-state index is 0.0362. The third-order valence-electron chi connectivity index (χ3n) is 3.50. The van der Waals surface area contributed by atoms with Gasteiger partial charge in [-0.3, -0.25) is 4.79 Å². The fourth-order valence-corrected chi connectivity index (χ4v) is 2.64. The van der Waals surface area contributed by atoms with E-state index in [9.17, 15) is 22.4 Å². The Bertz CT molecular complexity index is 977. The fraction of sp³-hybridized carbons (Fsp3) is 0.176. The average Bonchev–Trinajstić information content (AvgIpc) is 2.62. The number of sulfonamides is 1. The van der Waals surface area contributed by atoms with E-state index in [-0.39, 0.29) is 21.9 Å². The van der Waals surface area contributed by atoms with Crippen molar-refractivity contribution in [3.8, 4) is 5.75 Å². The molecule has 0 aliphatic heterocycles. The lowest BCUT2D eigenvalue weighted by atomic mass is 10.2. The summed E-state index contributed by atoms with van der Waals surface area (Å²) < 4.78 is 46.5. The van der Waals surface area contributed by atoms with Gasteiger partial charge in [0.15, 0.2) is 6.10 Å². The number of carbonyl (C=O) groups excluding carboxylic acids is 2. The van der Waals surface area contributed by atoms with E-state index in [1.165, 1.54) is 44.4 Å². The van der Waals surface area contributed by atoms with Crippen molar-refractivity contribution < 1.29 is 31.9 Å². The first kappa shape index (κ1) is 20.3. The maximum absolute atomic E-state index is 13.6. The third kappa shape index (κ3) is 5.02. The lowest BCUT2D eigenvalue weighted by molar-refractivity contribution is -0.123. The number of esters is 1. The number of amides is 1. The van der Waals surface area contributed by atoms with E-state index in [2.05, 4.69) is 5.32 Å². The van der Waals surface area contributed by atoms with Crippen molar-refractivity contribution in [1.29, 1.82) is 0 Å². The van der Waals surface area contributed by atoms with Crippen molar-refractivity contribution in [2.75, 3.05) is 12.4 Å². The Morgan fingerprint density at radius 3 is 2.44 bits per heavy atom. The molecule has 0 aliphatic carbocycles. The Labute approximate surface area is 155 Å². The Balaban J connectivity index is 2.18. The van der Waals surface area contributed by atoms with E-state index in [4.69, 9.17) is 14.6 Å². The molecule has 144 valence electrons. The summed E-state index contributed by atoms with van der Waals surface area (Å²) in [5, 5.41) is 7.34. The van der Waals surface area contributed by atoms with Crippen LogP contribution in [0.5, 0.6) is 5.75 Å². The number of primary sulfonamides is 1. The first-order valence-corrected chi connectivity index (χ1v) is 9.15. The second-order valence-corrected chi connectivity index (χ2v) is 6.99. The number of hydrogen-bond donors (Lipinski definition) is 2. The molecule has 2 aromatic carbocycles. The summed E-state index contributed by atoms with van der Waals surface area (Å²) in [6.45, 7) is 1.28. The molecule has 0 aliphatic rings. The fourth-order valence-electron chi connectivity index (χ4n) is 2.10. The van der Waals surface area contributed by atoms with Crippen molar-refractivity contribution in [3.63, 3.8) is 0 Å². The van der Waals surface area contributed by atoms with Crippen molar-refractivity contribution in [2.24, 2.45) is 5.14 Å². The molecule has 0 aromatic heterocycles. The summed E-state index contributed by atoms with van der Waals surface area (Å²) in [6.07, 6.45) is -1.29. The molecule has 0 spiro atoms. The van der Waals surface area contributed by atoms with Crippen LogP contribution in [-0.4, -0.2) is 33.5 Å². The van der Waals surface area contributed by atoms with E-state index in [1.807, 2.05) is 0 Å². The van der Waals surface area contributed by atoms with Crippen LogP contribution in [0, 0.1) is 5.82 Å². The molecule has 3 N–H and O–H groups in total.